The van der Waals surface area contributed by atoms with Crippen LogP contribution >= 0.6 is 0 Å². The number of hydrogen-bond donors (Lipinski definition) is 1. The molecule has 6 heteroatoms. The Kier molecular flexibility index (Phi) is 4.75. The fourth-order valence-electron chi connectivity index (χ4n) is 2.05. The van der Waals surface area contributed by atoms with Crippen LogP contribution in [-0.4, -0.2) is 30.7 Å². The normalized spacial score (nSPS) is 16.1. The molecular formula is C14H21F3N2O. The summed E-state index contributed by atoms with van der Waals surface area (Å²) in [6.07, 6.45) is -2.44. The summed E-state index contributed by atoms with van der Waals surface area (Å²) in [5, 5.41) is 3.40. The number of alkyl halides is 3. The average molecular weight is 290 g/mol. The lowest BCUT2D eigenvalue weighted by Crippen LogP contribution is -2.23. The second-order valence-corrected chi connectivity index (χ2v) is 5.55. The van der Waals surface area contributed by atoms with E-state index >= 15 is 0 Å². The van der Waals surface area contributed by atoms with Crippen molar-refractivity contribution in [3.8, 4) is 0 Å². The molecule has 0 saturated heterocycles. The number of nitrogens with one attached hydrogen (secondary N) is 1. The molecule has 1 aliphatic carbocycles. The molecule has 1 heterocycles. The van der Waals surface area contributed by atoms with Crippen LogP contribution in [0.15, 0.2) is 10.5 Å². The third kappa shape index (κ3) is 5.17. The molecule has 0 amide bonds. The fraction of sp³-hybridized carbons (Fsp3) is 0.714. The van der Waals surface area contributed by atoms with Gasteiger partial charge < -0.3 is 9.73 Å². The van der Waals surface area contributed by atoms with E-state index < -0.39 is 12.6 Å². The number of hydrogen-bond acceptors (Lipinski definition) is 3. The monoisotopic (exact) mass is 290 g/mol. The van der Waals surface area contributed by atoms with Gasteiger partial charge in [0, 0.05) is 24.7 Å². The second kappa shape index (κ2) is 6.18. The minimum atomic E-state index is -4.10. The highest BCUT2D eigenvalue weighted by atomic mass is 19.4. The van der Waals surface area contributed by atoms with Gasteiger partial charge in [0.2, 0.25) is 0 Å². The van der Waals surface area contributed by atoms with Gasteiger partial charge in [-0.05, 0) is 32.9 Å². The van der Waals surface area contributed by atoms with Crippen molar-refractivity contribution < 1.29 is 17.6 Å². The summed E-state index contributed by atoms with van der Waals surface area (Å²) in [6, 6.07) is 2.57. The SMILES string of the molecule is Cc1oc(CN(C)CCC(F)(F)F)cc1CNC1CC1. The van der Waals surface area contributed by atoms with Gasteiger partial charge in [0.05, 0.1) is 13.0 Å². The molecule has 1 N–H and O–H groups in total. The molecular weight excluding hydrogens is 269 g/mol. The molecule has 1 aromatic rings. The molecule has 1 aromatic heterocycles. The van der Waals surface area contributed by atoms with Crippen LogP contribution in [0.1, 0.15) is 36.3 Å². The van der Waals surface area contributed by atoms with E-state index in [0.717, 1.165) is 23.6 Å². The summed E-state index contributed by atoms with van der Waals surface area (Å²) in [4.78, 5) is 1.63. The number of nitrogens with zero attached hydrogens (tertiary/aromatic N) is 1. The molecule has 0 bridgehead atoms. The minimum absolute atomic E-state index is 0.0150. The number of halogens is 3. The summed E-state index contributed by atoms with van der Waals surface area (Å²) in [5.41, 5.74) is 1.09. The van der Waals surface area contributed by atoms with Crippen LogP contribution in [0.3, 0.4) is 0 Å². The highest BCUT2D eigenvalue weighted by molar-refractivity contribution is 5.21. The van der Waals surface area contributed by atoms with E-state index in [2.05, 4.69) is 5.32 Å². The van der Waals surface area contributed by atoms with Gasteiger partial charge in [-0.15, -0.1) is 0 Å². The zero-order chi connectivity index (χ0) is 14.8. The van der Waals surface area contributed by atoms with Gasteiger partial charge in [-0.1, -0.05) is 0 Å². The molecule has 0 spiro atoms. The Hall–Kier alpha value is -1.01. The molecule has 0 unspecified atom stereocenters. The van der Waals surface area contributed by atoms with Crippen molar-refractivity contribution in [2.75, 3.05) is 13.6 Å². The van der Waals surface area contributed by atoms with E-state index in [9.17, 15) is 13.2 Å². The lowest BCUT2D eigenvalue weighted by molar-refractivity contribution is -0.137. The third-order valence-corrected chi connectivity index (χ3v) is 3.43. The second-order valence-electron chi connectivity index (χ2n) is 5.55. The number of furan rings is 1. The van der Waals surface area contributed by atoms with E-state index in [1.807, 2.05) is 13.0 Å². The average Bonchev–Trinajstić information content (AvgIpc) is 3.09. The Balaban J connectivity index is 1.80. The summed E-state index contributed by atoms with van der Waals surface area (Å²) >= 11 is 0. The van der Waals surface area contributed by atoms with E-state index in [1.165, 1.54) is 12.8 Å². The predicted octanol–water partition coefficient (Wildman–Crippen LogP) is 3.22. The largest absolute Gasteiger partial charge is 0.465 e. The van der Waals surface area contributed by atoms with E-state index in [4.69, 9.17) is 4.42 Å². The van der Waals surface area contributed by atoms with Crippen LogP contribution in [0.5, 0.6) is 0 Å². The molecule has 0 aromatic carbocycles. The first-order valence-corrected chi connectivity index (χ1v) is 6.90. The van der Waals surface area contributed by atoms with Gasteiger partial charge in [-0.25, -0.2) is 0 Å². The summed E-state index contributed by atoms with van der Waals surface area (Å²) in [5.74, 6) is 1.57. The Morgan fingerprint density at radius 3 is 2.70 bits per heavy atom. The fourth-order valence-corrected chi connectivity index (χ4v) is 2.05. The Labute approximate surface area is 117 Å². The quantitative estimate of drug-likeness (QED) is 0.836. The molecule has 3 nitrogen and oxygen atoms in total. The molecule has 114 valence electrons. The van der Waals surface area contributed by atoms with E-state index in [0.29, 0.717) is 12.6 Å². The number of aryl methyl sites for hydroxylation is 1. The van der Waals surface area contributed by atoms with Gasteiger partial charge >= 0.3 is 6.18 Å². The van der Waals surface area contributed by atoms with Crippen LogP contribution in [0.2, 0.25) is 0 Å². The van der Waals surface area contributed by atoms with Crippen LogP contribution in [0, 0.1) is 6.92 Å². The lowest BCUT2D eigenvalue weighted by atomic mass is 10.2. The molecule has 0 aliphatic heterocycles. The summed E-state index contributed by atoms with van der Waals surface area (Å²) in [6.45, 7) is 3.05. The minimum Gasteiger partial charge on any atom is -0.465 e. The van der Waals surface area contributed by atoms with Crippen molar-refractivity contribution >= 4 is 0 Å². The first-order valence-electron chi connectivity index (χ1n) is 6.90. The standard InChI is InChI=1S/C14H21F3N2O/c1-10-11(8-18-12-3-4-12)7-13(20-10)9-19(2)6-5-14(15,16)17/h7,12,18H,3-6,8-9H2,1-2H3. The zero-order valence-electron chi connectivity index (χ0n) is 11.9. The van der Waals surface area contributed by atoms with Crippen molar-refractivity contribution in [2.45, 2.75) is 51.5 Å². The van der Waals surface area contributed by atoms with E-state index in [1.54, 1.807) is 11.9 Å². The summed E-state index contributed by atoms with van der Waals surface area (Å²) in [7, 11) is 1.67. The van der Waals surface area contributed by atoms with Crippen LogP contribution in [0.25, 0.3) is 0 Å². The molecule has 1 aliphatic rings. The van der Waals surface area contributed by atoms with Crippen molar-refractivity contribution in [3.05, 3.63) is 23.2 Å². The van der Waals surface area contributed by atoms with Crippen molar-refractivity contribution in [3.63, 3.8) is 0 Å². The zero-order valence-corrected chi connectivity index (χ0v) is 11.9. The van der Waals surface area contributed by atoms with E-state index in [-0.39, 0.29) is 6.54 Å². The highest BCUT2D eigenvalue weighted by Crippen LogP contribution is 2.22. The van der Waals surface area contributed by atoms with Gasteiger partial charge in [0.25, 0.3) is 0 Å². The molecule has 1 fully saturated rings. The molecule has 2 rings (SSSR count). The Morgan fingerprint density at radius 2 is 2.10 bits per heavy atom. The predicted molar refractivity (Wildman–Crippen MR) is 70.3 cm³/mol. The summed E-state index contributed by atoms with van der Waals surface area (Å²) < 4.78 is 42.0. The topological polar surface area (TPSA) is 28.4 Å². The van der Waals surface area contributed by atoms with Crippen molar-refractivity contribution in [1.29, 1.82) is 0 Å². The first kappa shape index (κ1) is 15.4. The maximum atomic E-state index is 12.1. The van der Waals surface area contributed by atoms with Crippen LogP contribution in [0.4, 0.5) is 13.2 Å². The van der Waals surface area contributed by atoms with Crippen molar-refractivity contribution in [1.82, 2.24) is 10.2 Å². The molecule has 0 radical (unpaired) electrons. The molecule has 0 atom stereocenters. The van der Waals surface area contributed by atoms with Gasteiger partial charge in [0.1, 0.15) is 11.5 Å². The molecule has 20 heavy (non-hydrogen) atoms. The maximum Gasteiger partial charge on any atom is 0.390 e. The number of rotatable bonds is 7. The Morgan fingerprint density at radius 1 is 1.40 bits per heavy atom. The Bertz CT molecular complexity index is 438. The lowest BCUT2D eigenvalue weighted by Gasteiger charge is -2.16. The highest BCUT2D eigenvalue weighted by Gasteiger charge is 2.27. The smallest absolute Gasteiger partial charge is 0.390 e. The van der Waals surface area contributed by atoms with Crippen LogP contribution < -0.4 is 5.32 Å². The molecule has 1 saturated carbocycles. The van der Waals surface area contributed by atoms with Gasteiger partial charge in [-0.2, -0.15) is 13.2 Å². The maximum absolute atomic E-state index is 12.1. The third-order valence-electron chi connectivity index (χ3n) is 3.43. The van der Waals surface area contributed by atoms with Gasteiger partial charge in [0.15, 0.2) is 0 Å². The van der Waals surface area contributed by atoms with Crippen molar-refractivity contribution in [2.24, 2.45) is 0 Å². The first-order chi connectivity index (χ1) is 9.33. The van der Waals surface area contributed by atoms with Gasteiger partial charge in [-0.3, -0.25) is 4.90 Å². The van der Waals surface area contributed by atoms with Crippen LogP contribution in [-0.2, 0) is 13.1 Å².